The molecule has 0 aliphatic carbocycles. The van der Waals surface area contributed by atoms with Gasteiger partial charge in [-0.25, -0.2) is 4.39 Å². The lowest BCUT2D eigenvalue weighted by Gasteiger charge is -2.24. The molecule has 0 fully saturated rings. The Kier molecular flexibility index (Phi) is 3.28. The summed E-state index contributed by atoms with van der Waals surface area (Å²) in [6, 6.07) is 10.6. The van der Waals surface area contributed by atoms with Gasteiger partial charge in [-0.15, -0.1) is 0 Å². The van der Waals surface area contributed by atoms with Gasteiger partial charge in [0.2, 0.25) is 0 Å². The Morgan fingerprint density at radius 2 is 1.84 bits per heavy atom. The lowest BCUT2D eigenvalue weighted by atomic mass is 9.78. The predicted molar refractivity (Wildman–Crippen MR) is 71.3 cm³/mol. The lowest BCUT2D eigenvalue weighted by molar-refractivity contribution is 0.231. The third-order valence-corrected chi connectivity index (χ3v) is 3.46. The maximum atomic E-state index is 13.8. The second kappa shape index (κ2) is 4.94. The van der Waals surface area contributed by atoms with Crippen LogP contribution in [0.25, 0.3) is 0 Å². The van der Waals surface area contributed by atoms with Gasteiger partial charge >= 0.3 is 7.12 Å². The van der Waals surface area contributed by atoms with E-state index in [2.05, 4.69) is 15.9 Å². The molecule has 0 atom stereocenters. The lowest BCUT2D eigenvalue weighted by Crippen LogP contribution is -2.42. The van der Waals surface area contributed by atoms with Gasteiger partial charge in [0, 0.05) is 5.56 Å². The van der Waals surface area contributed by atoms with E-state index < -0.39 is 18.8 Å². The minimum absolute atomic E-state index is 0.0640. The molecule has 6 heteroatoms. The van der Waals surface area contributed by atoms with Crippen molar-refractivity contribution in [3.05, 3.63) is 58.1 Å². The van der Waals surface area contributed by atoms with Crippen molar-refractivity contribution in [2.24, 2.45) is 0 Å². The number of fused-ring (bicyclic) bond motifs is 1. The molecule has 0 amide bonds. The Labute approximate surface area is 117 Å². The average molecular weight is 325 g/mol. The molecule has 3 rings (SSSR count). The fraction of sp³-hybridized carbons (Fsp3) is 0.0769. The standard InChI is InChI=1S/C13H8BBrF2O2/c15-10-6-8-7-18-14(9-4-2-1-3-5-9)19-13(8)12(17)11(10)16/h1-6H,7H2. The topological polar surface area (TPSA) is 18.5 Å². The summed E-state index contributed by atoms with van der Waals surface area (Å²) in [5, 5.41) is 0. The molecule has 2 aromatic carbocycles. The van der Waals surface area contributed by atoms with Crippen LogP contribution in [-0.4, -0.2) is 7.12 Å². The van der Waals surface area contributed by atoms with Gasteiger partial charge in [-0.3, -0.25) is 0 Å². The fourth-order valence-electron chi connectivity index (χ4n) is 1.94. The van der Waals surface area contributed by atoms with Crippen molar-refractivity contribution >= 4 is 28.5 Å². The third kappa shape index (κ3) is 2.26. The van der Waals surface area contributed by atoms with Crippen molar-refractivity contribution in [2.45, 2.75) is 6.61 Å². The molecule has 0 radical (unpaired) electrons. The number of benzene rings is 2. The Morgan fingerprint density at radius 1 is 1.11 bits per heavy atom. The molecule has 1 aliphatic rings. The second-order valence-corrected chi connectivity index (χ2v) is 5.00. The van der Waals surface area contributed by atoms with Gasteiger partial charge in [0.1, 0.15) is 5.75 Å². The summed E-state index contributed by atoms with van der Waals surface area (Å²) in [7, 11) is -0.719. The summed E-state index contributed by atoms with van der Waals surface area (Å²) >= 11 is 2.96. The molecule has 0 spiro atoms. The molecule has 0 saturated heterocycles. The zero-order valence-electron chi connectivity index (χ0n) is 9.70. The van der Waals surface area contributed by atoms with Crippen molar-refractivity contribution in [2.75, 3.05) is 0 Å². The zero-order valence-corrected chi connectivity index (χ0v) is 11.3. The van der Waals surface area contributed by atoms with Gasteiger partial charge in [-0.05, 0) is 27.5 Å². The second-order valence-electron chi connectivity index (χ2n) is 4.15. The van der Waals surface area contributed by atoms with Gasteiger partial charge < -0.3 is 9.31 Å². The molecule has 0 aromatic heterocycles. The predicted octanol–water partition coefficient (Wildman–Crippen LogP) is 3.03. The first kappa shape index (κ1) is 12.6. The number of hydrogen-bond donors (Lipinski definition) is 0. The minimum Gasteiger partial charge on any atom is -0.530 e. The van der Waals surface area contributed by atoms with Crippen LogP contribution in [0.15, 0.2) is 40.9 Å². The normalized spacial score (nSPS) is 13.9. The monoisotopic (exact) mass is 324 g/mol. The molecule has 2 nitrogen and oxygen atoms in total. The van der Waals surface area contributed by atoms with Crippen LogP contribution in [0.1, 0.15) is 5.56 Å². The molecule has 0 N–H and O–H groups in total. The highest BCUT2D eigenvalue weighted by Crippen LogP contribution is 2.33. The molecule has 2 aromatic rings. The van der Waals surface area contributed by atoms with Crippen molar-refractivity contribution in [3.8, 4) is 5.75 Å². The molecule has 1 heterocycles. The quantitative estimate of drug-likeness (QED) is 0.593. The molecule has 96 valence electrons. The van der Waals surface area contributed by atoms with Crippen molar-refractivity contribution in [1.29, 1.82) is 0 Å². The van der Waals surface area contributed by atoms with Crippen LogP contribution in [0.5, 0.6) is 5.75 Å². The molecule has 1 aliphatic heterocycles. The van der Waals surface area contributed by atoms with Crippen LogP contribution in [0.4, 0.5) is 8.78 Å². The van der Waals surface area contributed by atoms with E-state index in [-0.39, 0.29) is 16.8 Å². The first-order valence-electron chi connectivity index (χ1n) is 5.66. The number of hydrogen-bond acceptors (Lipinski definition) is 2. The molecule has 19 heavy (non-hydrogen) atoms. The van der Waals surface area contributed by atoms with E-state index in [1.54, 1.807) is 0 Å². The van der Waals surface area contributed by atoms with Crippen LogP contribution in [0.2, 0.25) is 0 Å². The van der Waals surface area contributed by atoms with E-state index >= 15 is 0 Å². The van der Waals surface area contributed by atoms with Gasteiger partial charge in [0.25, 0.3) is 0 Å². The van der Waals surface area contributed by atoms with E-state index in [1.807, 2.05) is 30.3 Å². The fourth-order valence-corrected chi connectivity index (χ4v) is 2.39. The summed E-state index contributed by atoms with van der Waals surface area (Å²) in [6.45, 7) is 0.171. The summed E-state index contributed by atoms with van der Waals surface area (Å²) in [5.74, 6) is -2.03. The summed E-state index contributed by atoms with van der Waals surface area (Å²) in [5.41, 5.74) is 1.24. The Balaban J connectivity index is 1.98. The van der Waals surface area contributed by atoms with Gasteiger partial charge in [-0.2, -0.15) is 4.39 Å². The summed E-state index contributed by atoms with van der Waals surface area (Å²) < 4.78 is 38.4. The average Bonchev–Trinajstić information content (AvgIpc) is 2.46. The largest absolute Gasteiger partial charge is 0.563 e. The first-order chi connectivity index (χ1) is 9.16. The van der Waals surface area contributed by atoms with Crippen molar-refractivity contribution in [1.82, 2.24) is 0 Å². The van der Waals surface area contributed by atoms with Crippen molar-refractivity contribution in [3.63, 3.8) is 0 Å². The van der Waals surface area contributed by atoms with E-state index in [4.69, 9.17) is 9.31 Å². The van der Waals surface area contributed by atoms with Crippen LogP contribution in [-0.2, 0) is 11.3 Å². The number of rotatable bonds is 1. The maximum Gasteiger partial charge on any atom is 0.563 e. The highest BCUT2D eigenvalue weighted by molar-refractivity contribution is 9.10. The van der Waals surface area contributed by atoms with Gasteiger partial charge in [0.05, 0.1) is 11.1 Å². The third-order valence-electron chi connectivity index (χ3n) is 2.88. The van der Waals surface area contributed by atoms with Crippen molar-refractivity contribution < 1.29 is 18.1 Å². The SMILES string of the molecule is Fc1c(Br)cc2c(c1F)OB(c1ccccc1)OC2. The van der Waals surface area contributed by atoms with E-state index in [9.17, 15) is 8.78 Å². The van der Waals surface area contributed by atoms with Crippen LogP contribution in [0, 0.1) is 11.6 Å². The first-order valence-corrected chi connectivity index (χ1v) is 6.45. The maximum absolute atomic E-state index is 13.8. The molecular weight excluding hydrogens is 317 g/mol. The summed E-state index contributed by atoms with van der Waals surface area (Å²) in [6.07, 6.45) is 0. The Morgan fingerprint density at radius 3 is 2.58 bits per heavy atom. The number of halogens is 3. The molecule has 0 unspecified atom stereocenters. The zero-order chi connectivity index (χ0) is 13.4. The van der Waals surface area contributed by atoms with Gasteiger partial charge in [0.15, 0.2) is 11.6 Å². The molecule has 0 bridgehead atoms. The van der Waals surface area contributed by atoms with Crippen LogP contribution >= 0.6 is 15.9 Å². The Hall–Kier alpha value is -1.40. The Bertz CT molecular complexity index is 622. The van der Waals surface area contributed by atoms with E-state index in [0.717, 1.165) is 5.46 Å². The summed E-state index contributed by atoms with van der Waals surface area (Å²) in [4.78, 5) is 0. The highest BCUT2D eigenvalue weighted by Gasteiger charge is 2.32. The highest BCUT2D eigenvalue weighted by atomic mass is 79.9. The smallest absolute Gasteiger partial charge is 0.530 e. The van der Waals surface area contributed by atoms with E-state index in [0.29, 0.717) is 5.56 Å². The molecule has 0 saturated carbocycles. The van der Waals surface area contributed by atoms with Gasteiger partial charge in [-0.1, -0.05) is 30.3 Å². The van der Waals surface area contributed by atoms with E-state index in [1.165, 1.54) is 6.07 Å². The van der Waals surface area contributed by atoms with Crippen LogP contribution in [0.3, 0.4) is 0 Å². The van der Waals surface area contributed by atoms with Crippen LogP contribution < -0.4 is 10.1 Å². The minimum atomic E-state index is -0.992. The molecular formula is C13H8BBrF2O2.